The average Bonchev–Trinajstić information content (AvgIpc) is 3.11. The number of carbonyl (C=O) groups excluding carboxylic acids is 1. The third-order valence-electron chi connectivity index (χ3n) is 6.07. The van der Waals surface area contributed by atoms with Gasteiger partial charge in [-0.15, -0.1) is 0 Å². The van der Waals surface area contributed by atoms with Crippen LogP contribution in [0.25, 0.3) is 10.9 Å². The minimum Gasteiger partial charge on any atom is -0.380 e. The molecule has 0 spiro atoms. The van der Waals surface area contributed by atoms with Crippen LogP contribution in [-0.4, -0.2) is 90.7 Å². The highest BCUT2D eigenvalue weighted by atomic mass is 16.5. The Hall–Kier alpha value is -1.89. The predicted octanol–water partition coefficient (Wildman–Crippen LogP) is 2.03. The molecule has 3 heterocycles. The first-order chi connectivity index (χ1) is 13.2. The molecule has 0 aliphatic carbocycles. The number of carbonyl (C=O) groups is 1. The lowest BCUT2D eigenvalue weighted by atomic mass is 10.0. The Labute approximate surface area is 161 Å². The molecule has 27 heavy (non-hydrogen) atoms. The van der Waals surface area contributed by atoms with Gasteiger partial charge in [-0.3, -0.25) is 14.6 Å². The number of fused-ring (bicyclic) bond motifs is 1. The molecule has 1 unspecified atom stereocenters. The summed E-state index contributed by atoms with van der Waals surface area (Å²) in [7, 11) is 1.80. The number of H-pyrrole nitrogens is 1. The van der Waals surface area contributed by atoms with E-state index in [1.807, 2.05) is 35.2 Å². The molecule has 146 valence electrons. The molecule has 2 saturated heterocycles. The molecule has 1 amide bonds. The quantitative estimate of drug-likeness (QED) is 0.845. The average molecular weight is 370 g/mol. The summed E-state index contributed by atoms with van der Waals surface area (Å²) in [6.45, 7) is 8.99. The molecule has 6 nitrogen and oxygen atoms in total. The van der Waals surface area contributed by atoms with Crippen molar-refractivity contribution in [3.8, 4) is 0 Å². The molecule has 1 aromatic heterocycles. The van der Waals surface area contributed by atoms with Crippen LogP contribution in [-0.2, 0) is 4.74 Å². The van der Waals surface area contributed by atoms with Crippen molar-refractivity contribution in [2.75, 3.05) is 52.9 Å². The van der Waals surface area contributed by atoms with E-state index in [1.54, 1.807) is 7.11 Å². The zero-order valence-electron chi connectivity index (χ0n) is 16.4. The molecule has 4 rings (SSSR count). The van der Waals surface area contributed by atoms with Crippen LogP contribution in [0, 0.1) is 0 Å². The summed E-state index contributed by atoms with van der Waals surface area (Å²) in [6.07, 6.45) is 1.41. The van der Waals surface area contributed by atoms with Crippen LogP contribution < -0.4 is 0 Å². The summed E-state index contributed by atoms with van der Waals surface area (Å²) in [5.74, 6) is 0.118. The normalized spacial score (nSPS) is 20.7. The van der Waals surface area contributed by atoms with Gasteiger partial charge in [0.1, 0.15) is 5.69 Å². The van der Waals surface area contributed by atoms with Crippen molar-refractivity contribution in [2.45, 2.75) is 25.5 Å². The molecule has 2 aliphatic heterocycles. The summed E-state index contributed by atoms with van der Waals surface area (Å²) in [5, 5.41) is 1.09. The van der Waals surface area contributed by atoms with E-state index in [1.165, 1.54) is 0 Å². The molecular weight excluding hydrogens is 340 g/mol. The van der Waals surface area contributed by atoms with Crippen molar-refractivity contribution < 1.29 is 9.53 Å². The van der Waals surface area contributed by atoms with Gasteiger partial charge in [0.2, 0.25) is 0 Å². The Kier molecular flexibility index (Phi) is 5.48. The highest BCUT2D eigenvalue weighted by Crippen LogP contribution is 2.20. The van der Waals surface area contributed by atoms with Crippen molar-refractivity contribution in [3.63, 3.8) is 0 Å². The Morgan fingerprint density at radius 1 is 1.22 bits per heavy atom. The largest absolute Gasteiger partial charge is 0.380 e. The predicted molar refractivity (Wildman–Crippen MR) is 107 cm³/mol. The number of methoxy groups -OCH3 is 1. The molecule has 2 aliphatic rings. The molecular formula is C21H30N4O2. The summed E-state index contributed by atoms with van der Waals surface area (Å²) in [6, 6.07) is 10.6. The second-order valence-corrected chi connectivity index (χ2v) is 7.74. The van der Waals surface area contributed by atoms with Crippen molar-refractivity contribution in [1.82, 2.24) is 19.7 Å². The smallest absolute Gasteiger partial charge is 0.270 e. The summed E-state index contributed by atoms with van der Waals surface area (Å²) < 4.78 is 5.49. The Morgan fingerprint density at radius 2 is 1.96 bits per heavy atom. The summed E-state index contributed by atoms with van der Waals surface area (Å²) in [5.41, 5.74) is 1.72. The van der Waals surface area contributed by atoms with E-state index in [0.717, 1.165) is 63.1 Å². The van der Waals surface area contributed by atoms with Gasteiger partial charge >= 0.3 is 0 Å². The van der Waals surface area contributed by atoms with Crippen LogP contribution in [0.5, 0.6) is 0 Å². The summed E-state index contributed by atoms with van der Waals surface area (Å²) in [4.78, 5) is 23.1. The number of amides is 1. The highest BCUT2D eigenvalue weighted by Gasteiger charge is 2.35. The van der Waals surface area contributed by atoms with Gasteiger partial charge in [-0.2, -0.15) is 0 Å². The van der Waals surface area contributed by atoms with Gasteiger partial charge < -0.3 is 14.6 Å². The first-order valence-electron chi connectivity index (χ1n) is 10.0. The first kappa shape index (κ1) is 18.5. The monoisotopic (exact) mass is 370 g/mol. The van der Waals surface area contributed by atoms with Crippen molar-refractivity contribution in [1.29, 1.82) is 0 Å². The zero-order chi connectivity index (χ0) is 18.8. The van der Waals surface area contributed by atoms with Gasteiger partial charge in [0.15, 0.2) is 0 Å². The number of hydrogen-bond acceptors (Lipinski definition) is 4. The van der Waals surface area contributed by atoms with E-state index >= 15 is 0 Å². The molecule has 1 N–H and O–H groups in total. The number of piperazine rings is 1. The van der Waals surface area contributed by atoms with E-state index in [0.29, 0.717) is 17.8 Å². The van der Waals surface area contributed by atoms with Gasteiger partial charge in [0.25, 0.3) is 5.91 Å². The lowest BCUT2D eigenvalue weighted by Gasteiger charge is -2.48. The Morgan fingerprint density at radius 3 is 2.63 bits per heavy atom. The van der Waals surface area contributed by atoms with Crippen LogP contribution in [0.1, 0.15) is 23.8 Å². The fourth-order valence-corrected chi connectivity index (χ4v) is 4.23. The molecule has 0 saturated carbocycles. The van der Waals surface area contributed by atoms with E-state index in [9.17, 15) is 4.79 Å². The topological polar surface area (TPSA) is 51.8 Å². The van der Waals surface area contributed by atoms with Crippen molar-refractivity contribution in [2.24, 2.45) is 0 Å². The second-order valence-electron chi connectivity index (χ2n) is 7.74. The number of aromatic amines is 1. The van der Waals surface area contributed by atoms with Crippen molar-refractivity contribution >= 4 is 16.8 Å². The molecule has 6 heteroatoms. The number of para-hydroxylation sites is 1. The standard InChI is InChI=1S/C21H30N4O2/c1-3-18(27-2)15-23-13-17(14-23)24-8-10-25(11-9-24)21(26)20-12-16-6-4-5-7-19(16)22-20/h4-7,12,17-18,22H,3,8-11,13-15H2,1-2H3. The molecule has 0 radical (unpaired) electrons. The van der Waals surface area contributed by atoms with Gasteiger partial charge in [-0.25, -0.2) is 0 Å². The van der Waals surface area contributed by atoms with Crippen LogP contribution >= 0.6 is 0 Å². The molecule has 1 aromatic carbocycles. The molecule has 2 aromatic rings. The first-order valence-corrected chi connectivity index (χ1v) is 10.0. The lowest BCUT2D eigenvalue weighted by molar-refractivity contribution is -0.0224. The maximum atomic E-state index is 12.8. The highest BCUT2D eigenvalue weighted by molar-refractivity contribution is 5.98. The van der Waals surface area contributed by atoms with E-state index < -0.39 is 0 Å². The minimum absolute atomic E-state index is 0.118. The minimum atomic E-state index is 0.118. The number of aromatic nitrogens is 1. The summed E-state index contributed by atoms with van der Waals surface area (Å²) >= 11 is 0. The maximum Gasteiger partial charge on any atom is 0.270 e. The van der Waals surface area contributed by atoms with Crippen LogP contribution in [0.3, 0.4) is 0 Å². The molecule has 1 atom stereocenters. The van der Waals surface area contributed by atoms with Gasteiger partial charge in [0, 0.05) is 69.9 Å². The SMILES string of the molecule is CCC(CN1CC(N2CCN(C(=O)c3cc4ccccc4[nH]3)CC2)C1)OC. The Bertz CT molecular complexity index is 738. The number of likely N-dealkylation sites (tertiary alicyclic amines) is 1. The van der Waals surface area contributed by atoms with E-state index in [4.69, 9.17) is 4.74 Å². The lowest BCUT2D eigenvalue weighted by Crippen LogP contribution is -2.64. The van der Waals surface area contributed by atoms with E-state index in [2.05, 4.69) is 21.7 Å². The third kappa shape index (κ3) is 3.88. The number of benzene rings is 1. The van der Waals surface area contributed by atoms with Gasteiger partial charge in [-0.1, -0.05) is 25.1 Å². The van der Waals surface area contributed by atoms with E-state index in [-0.39, 0.29) is 5.91 Å². The number of rotatable bonds is 6. The fourth-order valence-electron chi connectivity index (χ4n) is 4.23. The Balaban J connectivity index is 1.26. The fraction of sp³-hybridized carbons (Fsp3) is 0.571. The number of nitrogens with one attached hydrogen (secondary N) is 1. The second kappa shape index (κ2) is 8.00. The zero-order valence-corrected chi connectivity index (χ0v) is 16.4. The van der Waals surface area contributed by atoms with Crippen LogP contribution in [0.4, 0.5) is 0 Å². The van der Waals surface area contributed by atoms with Gasteiger partial charge in [0.05, 0.1) is 6.10 Å². The van der Waals surface area contributed by atoms with Crippen LogP contribution in [0.15, 0.2) is 30.3 Å². The van der Waals surface area contributed by atoms with Crippen molar-refractivity contribution in [3.05, 3.63) is 36.0 Å². The third-order valence-corrected chi connectivity index (χ3v) is 6.07. The number of hydrogen-bond donors (Lipinski definition) is 1. The number of ether oxygens (including phenoxy) is 1. The van der Waals surface area contributed by atoms with Crippen LogP contribution in [0.2, 0.25) is 0 Å². The molecule has 2 fully saturated rings. The number of nitrogens with zero attached hydrogens (tertiary/aromatic N) is 3. The maximum absolute atomic E-state index is 12.8. The molecule has 0 bridgehead atoms. The van der Waals surface area contributed by atoms with Gasteiger partial charge in [-0.05, 0) is 18.6 Å².